The van der Waals surface area contributed by atoms with Crippen molar-refractivity contribution in [1.82, 2.24) is 9.97 Å². The Morgan fingerprint density at radius 1 is 0.623 bits per heavy atom. The summed E-state index contributed by atoms with van der Waals surface area (Å²) < 4.78 is 61.3. The minimum absolute atomic E-state index is 0.0237. The number of aromatic nitrogens is 2. The van der Waals surface area contributed by atoms with Crippen LogP contribution in [0, 0.1) is 0 Å². The van der Waals surface area contributed by atoms with Gasteiger partial charge in [-0.2, -0.15) is 8.78 Å². The second-order valence-electron chi connectivity index (χ2n) is 17.8. The van der Waals surface area contributed by atoms with Crippen LogP contribution in [0.2, 0.25) is 0 Å². The molecule has 2 aliphatic rings. The van der Waals surface area contributed by atoms with Crippen molar-refractivity contribution in [3.8, 4) is 17.1 Å². The van der Waals surface area contributed by atoms with Gasteiger partial charge in [-0.3, -0.25) is 0 Å². The first-order chi connectivity index (χ1) is 37.5. The van der Waals surface area contributed by atoms with E-state index in [-0.39, 0.29) is 32.6 Å². The number of nitrogen functional groups attached to an aromatic ring is 1. The van der Waals surface area contributed by atoms with E-state index in [4.69, 9.17) is 39.5 Å². The van der Waals surface area contributed by atoms with E-state index in [1.54, 1.807) is 30.3 Å². The number of hydrogen-bond acceptors (Lipinski definition) is 8. The zero-order valence-corrected chi connectivity index (χ0v) is 47.6. The second kappa shape index (κ2) is 28.1. The Morgan fingerprint density at radius 3 is 1.36 bits per heavy atom. The third kappa shape index (κ3) is 15.0. The SMILES string of the molecule is C[C@H]1COCCN1c1cc(C2(S(=O)(=O)c3ccc(OC(F)F)cc3)CC2)nc(-c2ccc(N)cc2)n1.[Cl][Pd][Cl].c1ccc(P(c2ccccc2)c2ccccc2)cc1.c1ccc(P(c2ccccc2)c2ccccc2)cc1. The fourth-order valence-electron chi connectivity index (χ4n) is 8.80. The molecule has 2 N–H and O–H groups in total. The molecule has 0 amide bonds. The zero-order valence-electron chi connectivity index (χ0n) is 41.9. The molecule has 0 unspecified atom stereocenters. The Morgan fingerprint density at radius 2 is 1.01 bits per heavy atom. The molecule has 0 bridgehead atoms. The van der Waals surface area contributed by atoms with Gasteiger partial charge in [0.2, 0.25) is 0 Å². The maximum Gasteiger partial charge on any atom is -0.0134 e. The van der Waals surface area contributed by atoms with Crippen molar-refractivity contribution in [3.05, 3.63) is 242 Å². The summed E-state index contributed by atoms with van der Waals surface area (Å²) in [5.74, 6) is 0.929. The zero-order chi connectivity index (χ0) is 54.0. The van der Waals surface area contributed by atoms with Gasteiger partial charge >= 0.3 is 41.6 Å². The Hall–Kier alpha value is -5.89. The summed E-state index contributed by atoms with van der Waals surface area (Å²) in [4.78, 5) is 11.6. The summed E-state index contributed by atoms with van der Waals surface area (Å²) in [5.41, 5.74) is 7.57. The molecule has 0 radical (unpaired) electrons. The number of morpholine rings is 1. The van der Waals surface area contributed by atoms with Gasteiger partial charge in [0.1, 0.15) is 16.3 Å². The molecule has 11 rings (SSSR count). The molecule has 1 aromatic heterocycles. The Bertz CT molecular complexity index is 3010. The quantitative estimate of drug-likeness (QED) is 0.0691. The molecule has 1 atom stereocenters. The van der Waals surface area contributed by atoms with Crippen LogP contribution in [-0.4, -0.2) is 50.8 Å². The van der Waals surface area contributed by atoms with Crippen molar-refractivity contribution in [2.24, 2.45) is 0 Å². The Labute approximate surface area is 469 Å². The Kier molecular flexibility index (Phi) is 20.9. The largest absolute Gasteiger partial charge is 0.0622 e. The molecule has 0 spiro atoms. The molecule has 1 aliphatic heterocycles. The number of hydrogen-bond donors (Lipinski definition) is 1. The van der Waals surface area contributed by atoms with Gasteiger partial charge < -0.3 is 20.1 Å². The van der Waals surface area contributed by atoms with E-state index in [1.165, 1.54) is 56.1 Å². The summed E-state index contributed by atoms with van der Waals surface area (Å²) in [6.07, 6.45) is 0.780. The number of benzene rings is 8. The van der Waals surface area contributed by atoms with E-state index in [1.807, 2.05) is 6.92 Å². The number of alkyl halides is 2. The molecule has 77 heavy (non-hydrogen) atoms. The standard InChI is InChI=1S/C25H26F2N4O4S.2C18H15P.2ClH.Pd/c1-16-15-34-13-12-31(16)22-14-21(29-23(30-22)17-2-4-18(28)5-3-17)25(10-11-25)36(32,33)20-8-6-19(7-9-20)35-24(26)27;2*1-4-10-16(11-5-1)19(17-12-6-2-7-13-17)18-14-8-3-9-15-18;;;/h2-9,14,16,24H,10-13,15,28H2,1H3;2*1-15H;2*1H;/q;;;;;+2/p-2/t16-;;;;;/m0...../s1. The van der Waals surface area contributed by atoms with Gasteiger partial charge in [-0.1, -0.05) is 182 Å². The van der Waals surface area contributed by atoms with Crippen molar-refractivity contribution in [2.45, 2.75) is 42.1 Å². The molecular weight excluding hydrogens is 1160 g/mol. The molecule has 8 nitrogen and oxygen atoms in total. The van der Waals surface area contributed by atoms with Crippen molar-refractivity contribution in [1.29, 1.82) is 0 Å². The molecule has 1 aliphatic carbocycles. The third-order valence-corrected chi connectivity index (χ3v) is 20.1. The van der Waals surface area contributed by atoms with E-state index in [0.717, 1.165) is 5.56 Å². The summed E-state index contributed by atoms with van der Waals surface area (Å²) in [7, 11) is 4.85. The summed E-state index contributed by atoms with van der Waals surface area (Å²) in [6.45, 7) is 0.724. The van der Waals surface area contributed by atoms with Crippen LogP contribution in [-0.2, 0) is 35.3 Å². The average Bonchev–Trinajstić information content (AvgIpc) is 4.45. The van der Waals surface area contributed by atoms with Gasteiger partial charge in [0.05, 0.1) is 29.8 Å². The maximum atomic E-state index is 13.8. The van der Waals surface area contributed by atoms with Gasteiger partial charge in [-0.05, 0) is 116 Å². The number of ether oxygens (including phenoxy) is 2. The first kappa shape index (κ1) is 57.3. The first-order valence-electron chi connectivity index (χ1n) is 24.6. The molecule has 2 fully saturated rings. The predicted octanol–water partition coefficient (Wildman–Crippen LogP) is 12.3. The second-order valence-corrected chi connectivity index (χ2v) is 26.8. The number of anilines is 2. The van der Waals surface area contributed by atoms with Crippen molar-refractivity contribution in [3.63, 3.8) is 0 Å². The van der Waals surface area contributed by atoms with Crippen LogP contribution in [0.3, 0.4) is 0 Å². The minimum Gasteiger partial charge on any atom is -0.0622 e. The van der Waals surface area contributed by atoms with E-state index in [2.05, 4.69) is 192 Å². The monoisotopic (exact) mass is 1220 g/mol. The molecule has 1 saturated heterocycles. The molecule has 398 valence electrons. The van der Waals surface area contributed by atoms with Crippen molar-refractivity contribution in [2.75, 3.05) is 30.4 Å². The summed E-state index contributed by atoms with van der Waals surface area (Å²) >= 11 is -0.106. The number of halogens is 4. The predicted molar refractivity (Wildman–Crippen MR) is 313 cm³/mol. The molecule has 8 aromatic carbocycles. The molecule has 1 saturated carbocycles. The van der Waals surface area contributed by atoms with E-state index >= 15 is 0 Å². The Balaban J connectivity index is 0.000000161. The van der Waals surface area contributed by atoms with Crippen LogP contribution in [0.25, 0.3) is 11.4 Å². The smallest absolute Gasteiger partial charge is 0.0134 e. The first-order valence-corrected chi connectivity index (χ1v) is 32.8. The van der Waals surface area contributed by atoms with Gasteiger partial charge in [0.15, 0.2) is 15.7 Å². The fourth-order valence-corrected chi connectivity index (χ4v) is 15.4. The van der Waals surface area contributed by atoms with Crippen LogP contribution >= 0.6 is 34.9 Å². The third-order valence-electron chi connectivity index (χ3n) is 12.7. The van der Waals surface area contributed by atoms with Gasteiger partial charge in [0.25, 0.3) is 0 Å². The summed E-state index contributed by atoms with van der Waals surface area (Å²) in [5, 5.41) is 8.39. The van der Waals surface area contributed by atoms with E-state index in [0.29, 0.717) is 55.6 Å². The minimum atomic E-state index is -3.89. The van der Waals surface area contributed by atoms with Crippen molar-refractivity contribution < 1.29 is 42.6 Å². The molecule has 9 aromatic rings. The number of sulfone groups is 1. The number of nitrogens with zero attached hydrogens (tertiary/aromatic N) is 3. The van der Waals surface area contributed by atoms with Crippen LogP contribution in [0.4, 0.5) is 20.3 Å². The molecular formula is C61H56Cl2F2N4O4P2PdS. The van der Waals surface area contributed by atoms with Crippen LogP contribution < -0.4 is 47.2 Å². The van der Waals surface area contributed by atoms with Crippen LogP contribution in [0.15, 0.2) is 241 Å². The summed E-state index contributed by atoms with van der Waals surface area (Å²) in [6, 6.07) is 78.6. The maximum absolute atomic E-state index is 13.8. The normalized spacial score (nSPS) is 14.5. The van der Waals surface area contributed by atoms with Crippen LogP contribution in [0.5, 0.6) is 5.75 Å². The fraction of sp³-hybridized carbons (Fsp3) is 0.148. The number of nitrogens with two attached hydrogens (primary N) is 1. The average molecular weight is 1220 g/mol. The van der Waals surface area contributed by atoms with E-state index < -0.39 is 37.0 Å². The van der Waals surface area contributed by atoms with Crippen LogP contribution in [0.1, 0.15) is 25.5 Å². The molecule has 2 heterocycles. The van der Waals surface area contributed by atoms with E-state index in [9.17, 15) is 17.2 Å². The molecule has 16 heteroatoms. The van der Waals surface area contributed by atoms with Crippen molar-refractivity contribution >= 4 is 88.1 Å². The number of rotatable bonds is 13. The van der Waals surface area contributed by atoms with Gasteiger partial charge in [-0.15, -0.1) is 0 Å². The topological polar surface area (TPSA) is 108 Å². The van der Waals surface area contributed by atoms with Gasteiger partial charge in [-0.25, -0.2) is 18.4 Å². The van der Waals surface area contributed by atoms with Gasteiger partial charge in [0, 0.05) is 23.9 Å².